The molecule has 0 aliphatic rings. The molecule has 0 bridgehead atoms. The van der Waals surface area contributed by atoms with Crippen LogP contribution in [-0.4, -0.2) is 0 Å². The molecule has 1 aromatic heterocycles. The van der Waals surface area contributed by atoms with Crippen molar-refractivity contribution < 1.29 is 11.3 Å². The highest BCUT2D eigenvalue weighted by atomic mass is 16.3. The Morgan fingerprint density at radius 1 is 0.457 bits per heavy atom. The Morgan fingerprint density at radius 2 is 1.09 bits per heavy atom. The third-order valence-corrected chi connectivity index (χ3v) is 8.75. The molecule has 0 atom stereocenters. The summed E-state index contributed by atoms with van der Waals surface area (Å²) in [5, 5.41) is 6.51. The predicted octanol–water partition coefficient (Wildman–Crippen LogP) is 12.7. The van der Waals surface area contributed by atoms with Crippen molar-refractivity contribution in [2.24, 2.45) is 0 Å². The second-order valence-electron chi connectivity index (χ2n) is 11.4. The molecule has 9 aromatic rings. The number of benzene rings is 8. The van der Waals surface area contributed by atoms with Crippen molar-refractivity contribution in [2.75, 3.05) is 4.90 Å². The van der Waals surface area contributed by atoms with Crippen molar-refractivity contribution in [1.29, 1.82) is 0 Å². The molecule has 0 unspecified atom stereocenters. The normalized spacial score (nSPS) is 13.0. The van der Waals surface area contributed by atoms with Crippen LogP contribution in [0.5, 0.6) is 0 Å². The van der Waals surface area contributed by atoms with Crippen LogP contribution in [0.2, 0.25) is 0 Å². The molecule has 0 N–H and O–H groups in total. The van der Waals surface area contributed by atoms with Crippen molar-refractivity contribution in [3.63, 3.8) is 0 Å². The molecule has 0 radical (unpaired) electrons. The Balaban J connectivity index is 1.24. The lowest BCUT2D eigenvalue weighted by Gasteiger charge is -2.26. The molecule has 2 nitrogen and oxygen atoms in total. The van der Waals surface area contributed by atoms with Gasteiger partial charge in [-0.05, 0) is 80.9 Å². The predicted molar refractivity (Wildman–Crippen MR) is 194 cm³/mol. The Bertz CT molecular complexity index is 2770. The second-order valence-corrected chi connectivity index (χ2v) is 11.4. The van der Waals surface area contributed by atoms with Gasteiger partial charge < -0.3 is 9.32 Å². The summed E-state index contributed by atoms with van der Waals surface area (Å²) in [6.45, 7) is 0. The quantitative estimate of drug-likeness (QED) is 0.198. The standard InChI is InChI=1S/C44H29NO/c1-2-10-30(11-3-1)31-20-25-35(26-21-31)45(36-27-22-34(23-28-36)38-17-8-14-32-12-4-6-15-37(32)38)41-18-9-19-42-43(41)40-29-24-33-13-5-7-16-39(33)44(40)46-42/h1-29H/i1D,2D,3D,10D,11D. The lowest BCUT2D eigenvalue weighted by molar-refractivity contribution is 0.672. The summed E-state index contributed by atoms with van der Waals surface area (Å²) in [6.07, 6.45) is 0. The number of hydrogen-bond donors (Lipinski definition) is 0. The van der Waals surface area contributed by atoms with Crippen molar-refractivity contribution in [2.45, 2.75) is 0 Å². The van der Waals surface area contributed by atoms with Gasteiger partial charge in [0.15, 0.2) is 0 Å². The van der Waals surface area contributed by atoms with E-state index in [0.29, 0.717) is 5.56 Å². The summed E-state index contributed by atoms with van der Waals surface area (Å²) < 4.78 is 48.1. The lowest BCUT2D eigenvalue weighted by atomic mass is 9.98. The van der Waals surface area contributed by atoms with Gasteiger partial charge in [0, 0.05) is 22.1 Å². The smallest absolute Gasteiger partial charge is 0.143 e. The number of fused-ring (bicyclic) bond motifs is 6. The molecule has 0 aliphatic heterocycles. The van der Waals surface area contributed by atoms with Gasteiger partial charge >= 0.3 is 0 Å². The molecule has 0 aliphatic carbocycles. The fourth-order valence-corrected chi connectivity index (χ4v) is 6.59. The minimum absolute atomic E-state index is 0.174. The van der Waals surface area contributed by atoms with Gasteiger partial charge in [-0.2, -0.15) is 0 Å². The number of furan rings is 1. The molecule has 216 valence electrons. The minimum atomic E-state index is -0.406. The fraction of sp³-hybridized carbons (Fsp3) is 0. The highest BCUT2D eigenvalue weighted by molar-refractivity contribution is 6.19. The molecule has 0 saturated carbocycles. The zero-order valence-electron chi connectivity index (χ0n) is 29.7. The summed E-state index contributed by atoms with van der Waals surface area (Å²) in [6, 6.07) is 47.8. The first-order chi connectivity index (χ1) is 24.9. The molecule has 1 heterocycles. The highest BCUT2D eigenvalue weighted by Crippen LogP contribution is 2.45. The SMILES string of the molecule is [2H]c1c([2H])c([2H])c(-c2ccc(N(c3ccc(-c4cccc5ccccc45)cc3)c3cccc4oc5c6ccccc6ccc5c34)cc2)c([2H])c1[2H]. The monoisotopic (exact) mass is 592 g/mol. The van der Waals surface area contributed by atoms with Crippen LogP contribution in [0.15, 0.2) is 180 Å². The maximum absolute atomic E-state index is 8.53. The van der Waals surface area contributed by atoms with E-state index in [2.05, 4.69) is 102 Å². The first kappa shape index (κ1) is 21.6. The Hall–Kier alpha value is -6.12. The van der Waals surface area contributed by atoms with Crippen molar-refractivity contribution in [1.82, 2.24) is 0 Å². The van der Waals surface area contributed by atoms with E-state index >= 15 is 0 Å². The molecule has 2 heteroatoms. The van der Waals surface area contributed by atoms with Gasteiger partial charge in [0.25, 0.3) is 0 Å². The number of rotatable bonds is 5. The molecular formula is C44H29NO. The van der Waals surface area contributed by atoms with Gasteiger partial charge in [0.1, 0.15) is 11.2 Å². The number of nitrogens with zero attached hydrogens (tertiary/aromatic N) is 1. The number of hydrogen-bond acceptors (Lipinski definition) is 2. The lowest BCUT2D eigenvalue weighted by Crippen LogP contribution is -2.10. The molecule has 0 amide bonds. The van der Waals surface area contributed by atoms with Gasteiger partial charge in [-0.3, -0.25) is 0 Å². The van der Waals surface area contributed by atoms with Crippen molar-refractivity contribution in [3.8, 4) is 22.3 Å². The van der Waals surface area contributed by atoms with E-state index in [1.54, 1.807) is 0 Å². The Kier molecular flexibility index (Phi) is 5.06. The van der Waals surface area contributed by atoms with E-state index in [9.17, 15) is 0 Å². The van der Waals surface area contributed by atoms with Gasteiger partial charge in [-0.25, -0.2) is 0 Å². The molecule has 0 spiro atoms. The first-order valence-corrected chi connectivity index (χ1v) is 15.3. The summed E-state index contributed by atoms with van der Waals surface area (Å²) >= 11 is 0. The van der Waals surface area contributed by atoms with E-state index < -0.39 is 6.04 Å². The summed E-state index contributed by atoms with van der Waals surface area (Å²) in [7, 11) is 0. The molecule has 9 rings (SSSR count). The number of anilines is 3. The van der Waals surface area contributed by atoms with E-state index in [-0.39, 0.29) is 29.7 Å². The second kappa shape index (κ2) is 10.8. The highest BCUT2D eigenvalue weighted by Gasteiger charge is 2.20. The van der Waals surface area contributed by atoms with Crippen LogP contribution in [0.4, 0.5) is 17.1 Å². The third-order valence-electron chi connectivity index (χ3n) is 8.75. The third kappa shape index (κ3) is 4.35. The average Bonchev–Trinajstić information content (AvgIpc) is 3.57. The summed E-state index contributed by atoms with van der Waals surface area (Å²) in [5.74, 6) is 0. The zero-order chi connectivity index (χ0) is 34.8. The fourth-order valence-electron chi connectivity index (χ4n) is 6.59. The van der Waals surface area contributed by atoms with Crippen LogP contribution in [0.1, 0.15) is 6.85 Å². The molecule has 8 aromatic carbocycles. The molecule has 0 fully saturated rings. The van der Waals surface area contributed by atoms with Gasteiger partial charge in [-0.15, -0.1) is 0 Å². The van der Waals surface area contributed by atoms with E-state index in [0.717, 1.165) is 60.9 Å². The van der Waals surface area contributed by atoms with E-state index in [1.165, 1.54) is 10.8 Å². The minimum Gasteiger partial charge on any atom is -0.455 e. The van der Waals surface area contributed by atoms with E-state index in [4.69, 9.17) is 11.3 Å². The van der Waals surface area contributed by atoms with Crippen LogP contribution < -0.4 is 4.90 Å². The molecule has 46 heavy (non-hydrogen) atoms. The topological polar surface area (TPSA) is 16.4 Å². The molecular weight excluding hydrogens is 558 g/mol. The average molecular weight is 593 g/mol. The Morgan fingerprint density at radius 3 is 1.85 bits per heavy atom. The first-order valence-electron chi connectivity index (χ1n) is 17.8. The zero-order valence-corrected chi connectivity index (χ0v) is 24.7. The van der Waals surface area contributed by atoms with E-state index in [1.807, 2.05) is 48.5 Å². The van der Waals surface area contributed by atoms with Crippen LogP contribution in [0.25, 0.3) is 65.7 Å². The maximum atomic E-state index is 8.53. The maximum Gasteiger partial charge on any atom is 0.143 e. The van der Waals surface area contributed by atoms with Crippen LogP contribution in [-0.2, 0) is 0 Å². The summed E-state index contributed by atoms with van der Waals surface area (Å²) in [4.78, 5) is 2.19. The Labute approximate surface area is 274 Å². The van der Waals surface area contributed by atoms with Crippen LogP contribution in [0.3, 0.4) is 0 Å². The van der Waals surface area contributed by atoms with Crippen molar-refractivity contribution >= 4 is 60.5 Å². The van der Waals surface area contributed by atoms with Crippen LogP contribution >= 0.6 is 0 Å². The van der Waals surface area contributed by atoms with Gasteiger partial charge in [-0.1, -0.05) is 133 Å². The van der Waals surface area contributed by atoms with Gasteiger partial charge in [0.05, 0.1) is 17.9 Å². The molecule has 0 saturated heterocycles. The largest absolute Gasteiger partial charge is 0.455 e. The van der Waals surface area contributed by atoms with Gasteiger partial charge in [0.2, 0.25) is 0 Å². The van der Waals surface area contributed by atoms with Crippen LogP contribution in [0, 0.1) is 0 Å². The summed E-state index contributed by atoms with van der Waals surface area (Å²) in [5.41, 5.74) is 7.27. The van der Waals surface area contributed by atoms with Crippen molar-refractivity contribution in [3.05, 3.63) is 176 Å².